The van der Waals surface area contributed by atoms with Crippen LogP contribution in [0.5, 0.6) is 0 Å². The number of fused-ring (bicyclic) bond motifs is 1. The fourth-order valence-electron chi connectivity index (χ4n) is 4.77. The molecule has 1 aliphatic heterocycles. The molecule has 1 saturated heterocycles. The summed E-state index contributed by atoms with van der Waals surface area (Å²) in [5.41, 5.74) is 0.837. The lowest BCUT2D eigenvalue weighted by Gasteiger charge is -2.26. The van der Waals surface area contributed by atoms with E-state index in [1.165, 1.54) is 43.5 Å². The molecule has 0 bridgehead atoms. The lowest BCUT2D eigenvalue weighted by Crippen LogP contribution is -2.34. The van der Waals surface area contributed by atoms with Crippen LogP contribution in [0.1, 0.15) is 25.1 Å². The first-order valence-electron chi connectivity index (χ1n) is 13.0. The molecule has 0 unspecified atom stereocenters. The van der Waals surface area contributed by atoms with Gasteiger partial charge in [0.25, 0.3) is 15.6 Å². The van der Waals surface area contributed by atoms with Crippen LogP contribution < -0.4 is 20.9 Å². The van der Waals surface area contributed by atoms with E-state index in [0.717, 1.165) is 53.8 Å². The van der Waals surface area contributed by atoms with Crippen LogP contribution in [-0.4, -0.2) is 55.1 Å². The SMILES string of the molecule is Cc1nc2cc(NCCN3CCCCC3)ccc2c(=O)n1-c1ccc(NC(=O)NS(=O)(=O)c2ccc(Cl)s2)cc1F. The quantitative estimate of drug-likeness (QED) is 0.255. The number of rotatable bonds is 8. The van der Waals surface area contributed by atoms with Crippen LogP contribution in [0.3, 0.4) is 0 Å². The van der Waals surface area contributed by atoms with Crippen LogP contribution in [-0.2, 0) is 10.0 Å². The zero-order chi connectivity index (χ0) is 29.1. The zero-order valence-electron chi connectivity index (χ0n) is 22.1. The van der Waals surface area contributed by atoms with Gasteiger partial charge in [-0.3, -0.25) is 9.36 Å². The maximum absolute atomic E-state index is 15.2. The van der Waals surface area contributed by atoms with Crippen molar-refractivity contribution in [2.24, 2.45) is 0 Å². The van der Waals surface area contributed by atoms with Crippen LogP contribution >= 0.6 is 22.9 Å². The normalized spacial score (nSPS) is 14.2. The molecule has 3 heterocycles. The van der Waals surface area contributed by atoms with E-state index in [-0.39, 0.29) is 25.7 Å². The summed E-state index contributed by atoms with van der Waals surface area (Å²) < 4.78 is 43.0. The van der Waals surface area contributed by atoms with E-state index in [1.54, 1.807) is 13.0 Å². The fraction of sp³-hybridized carbons (Fsp3) is 0.296. The number of halogens is 2. The zero-order valence-corrected chi connectivity index (χ0v) is 24.5. The van der Waals surface area contributed by atoms with Crippen LogP contribution in [0.15, 0.2) is 57.5 Å². The summed E-state index contributed by atoms with van der Waals surface area (Å²) >= 11 is 6.56. The monoisotopic (exact) mass is 618 g/mol. The maximum atomic E-state index is 15.2. The Labute approximate surface area is 245 Å². The standard InChI is InChI=1S/C27H28ClFN6O4S2/c1-17-31-22-16-18(30-11-14-34-12-3-2-4-13-34)5-7-20(22)26(36)35(17)23-8-6-19(15-21(23)29)32-27(37)33-41(38,39)25-10-9-24(28)40-25/h5-10,15-16,30H,2-4,11-14H2,1H3,(H2,32,33,37). The molecule has 10 nitrogen and oxygen atoms in total. The fourth-order valence-corrected chi connectivity index (χ4v) is 7.16. The molecule has 14 heteroatoms. The summed E-state index contributed by atoms with van der Waals surface area (Å²) in [4.78, 5) is 32.6. The van der Waals surface area contributed by atoms with Crippen molar-refractivity contribution in [1.29, 1.82) is 0 Å². The molecule has 216 valence electrons. The number of aryl methyl sites for hydroxylation is 1. The third kappa shape index (κ3) is 6.70. The maximum Gasteiger partial charge on any atom is 0.333 e. The lowest BCUT2D eigenvalue weighted by atomic mass is 10.1. The van der Waals surface area contributed by atoms with E-state index in [0.29, 0.717) is 10.9 Å². The molecule has 1 fully saturated rings. The molecule has 2 aromatic heterocycles. The summed E-state index contributed by atoms with van der Waals surface area (Å²) in [5.74, 6) is -0.524. The highest BCUT2D eigenvalue weighted by Gasteiger charge is 2.21. The smallest absolute Gasteiger partial charge is 0.333 e. The van der Waals surface area contributed by atoms with Gasteiger partial charge in [-0.2, -0.15) is 0 Å². The molecule has 5 rings (SSSR count). The number of thiophene rings is 1. The van der Waals surface area contributed by atoms with Crippen LogP contribution in [0.2, 0.25) is 4.34 Å². The van der Waals surface area contributed by atoms with Crippen molar-refractivity contribution in [1.82, 2.24) is 19.2 Å². The Morgan fingerprint density at radius 2 is 1.83 bits per heavy atom. The Balaban J connectivity index is 1.30. The third-order valence-electron chi connectivity index (χ3n) is 6.73. The number of likely N-dealkylation sites (tertiary alicyclic amines) is 1. The number of carbonyl (C=O) groups excluding carboxylic acids is 1. The number of nitrogens with one attached hydrogen (secondary N) is 3. The van der Waals surface area contributed by atoms with Gasteiger partial charge in [-0.1, -0.05) is 18.0 Å². The van der Waals surface area contributed by atoms with Crippen LogP contribution in [0, 0.1) is 12.7 Å². The minimum atomic E-state index is -4.15. The van der Waals surface area contributed by atoms with Gasteiger partial charge in [0.1, 0.15) is 15.9 Å². The van der Waals surface area contributed by atoms with Gasteiger partial charge in [-0.15, -0.1) is 11.3 Å². The highest BCUT2D eigenvalue weighted by molar-refractivity contribution is 7.92. The number of nitrogens with zero attached hydrogens (tertiary/aromatic N) is 3. The summed E-state index contributed by atoms with van der Waals surface area (Å²) in [6.45, 7) is 5.57. The van der Waals surface area contributed by atoms with Gasteiger partial charge in [0.15, 0.2) is 0 Å². The van der Waals surface area contributed by atoms with Crippen molar-refractivity contribution in [3.63, 3.8) is 0 Å². The summed E-state index contributed by atoms with van der Waals surface area (Å²) in [6.07, 6.45) is 3.76. The van der Waals surface area contributed by atoms with Crippen molar-refractivity contribution in [2.45, 2.75) is 30.4 Å². The number of piperidine rings is 1. The molecule has 1 aliphatic rings. The van der Waals surface area contributed by atoms with Gasteiger partial charge in [0.05, 0.1) is 20.9 Å². The van der Waals surface area contributed by atoms with Crippen LogP contribution in [0.4, 0.5) is 20.6 Å². The van der Waals surface area contributed by atoms with E-state index in [1.807, 2.05) is 16.9 Å². The van der Waals surface area contributed by atoms with E-state index in [4.69, 9.17) is 11.6 Å². The van der Waals surface area contributed by atoms with E-state index in [2.05, 4.69) is 20.5 Å². The van der Waals surface area contributed by atoms with Gasteiger partial charge in [0, 0.05) is 24.5 Å². The first-order chi connectivity index (χ1) is 19.6. The Hall–Kier alpha value is -3.52. The number of carbonyl (C=O) groups is 1. The lowest BCUT2D eigenvalue weighted by molar-refractivity contribution is 0.237. The Kier molecular flexibility index (Phi) is 8.59. The van der Waals surface area contributed by atoms with Crippen molar-refractivity contribution in [2.75, 3.05) is 36.8 Å². The number of benzene rings is 2. The number of hydrogen-bond donors (Lipinski definition) is 3. The van der Waals surface area contributed by atoms with Crippen LogP contribution in [0.25, 0.3) is 16.6 Å². The molecule has 2 aromatic carbocycles. The summed E-state index contributed by atoms with van der Waals surface area (Å²) in [7, 11) is -4.15. The van der Waals surface area contributed by atoms with Gasteiger partial charge >= 0.3 is 6.03 Å². The molecule has 41 heavy (non-hydrogen) atoms. The molecule has 2 amide bonds. The highest BCUT2D eigenvalue weighted by Crippen LogP contribution is 2.26. The first-order valence-corrected chi connectivity index (χ1v) is 15.7. The van der Waals surface area contributed by atoms with Gasteiger partial charge in [-0.05, 0) is 81.4 Å². The molecule has 0 aliphatic carbocycles. The predicted octanol–water partition coefficient (Wildman–Crippen LogP) is 4.96. The Bertz CT molecular complexity index is 1770. The first kappa shape index (κ1) is 29.0. The highest BCUT2D eigenvalue weighted by atomic mass is 35.5. The van der Waals surface area contributed by atoms with Crippen molar-refractivity contribution < 1.29 is 17.6 Å². The number of hydrogen-bond acceptors (Lipinski definition) is 8. The van der Waals surface area contributed by atoms with Gasteiger partial charge in [-0.25, -0.2) is 27.3 Å². The topological polar surface area (TPSA) is 125 Å². The summed E-state index contributed by atoms with van der Waals surface area (Å²) in [6, 6.07) is 10.5. The average molecular weight is 619 g/mol. The average Bonchev–Trinajstić information content (AvgIpc) is 3.37. The predicted molar refractivity (Wildman–Crippen MR) is 159 cm³/mol. The van der Waals surface area contributed by atoms with Crippen molar-refractivity contribution >= 4 is 61.3 Å². The molecule has 0 saturated carbocycles. The van der Waals surface area contributed by atoms with Gasteiger partial charge < -0.3 is 15.5 Å². The molecular weight excluding hydrogens is 591 g/mol. The van der Waals surface area contributed by atoms with E-state index >= 15 is 4.39 Å². The van der Waals surface area contributed by atoms with Crippen molar-refractivity contribution in [3.05, 3.63) is 74.9 Å². The van der Waals surface area contributed by atoms with E-state index in [9.17, 15) is 18.0 Å². The Morgan fingerprint density at radius 3 is 2.54 bits per heavy atom. The minimum absolute atomic E-state index is 0.0112. The second kappa shape index (κ2) is 12.1. The third-order valence-corrected chi connectivity index (χ3v) is 9.78. The van der Waals surface area contributed by atoms with E-state index < -0.39 is 27.4 Å². The molecule has 0 spiro atoms. The summed E-state index contributed by atoms with van der Waals surface area (Å²) in [5, 5.41) is 6.01. The number of sulfonamides is 1. The minimum Gasteiger partial charge on any atom is -0.384 e. The molecule has 0 radical (unpaired) electrons. The second-order valence-electron chi connectivity index (χ2n) is 9.64. The van der Waals surface area contributed by atoms with Gasteiger partial charge in [0.2, 0.25) is 0 Å². The van der Waals surface area contributed by atoms with Crippen molar-refractivity contribution in [3.8, 4) is 5.69 Å². The molecule has 0 atom stereocenters. The largest absolute Gasteiger partial charge is 0.384 e. The molecule has 3 N–H and O–H groups in total. The second-order valence-corrected chi connectivity index (χ2v) is 13.3. The number of urea groups is 1. The number of amides is 2. The number of aromatic nitrogens is 2. The molecular formula is C27H28ClFN6O4S2. The number of anilines is 2. The molecule has 4 aromatic rings. The Morgan fingerprint density at radius 1 is 1.07 bits per heavy atom.